The summed E-state index contributed by atoms with van der Waals surface area (Å²) in [6.45, 7) is 1.52. The van der Waals surface area contributed by atoms with Gasteiger partial charge in [-0.3, -0.25) is 9.88 Å². The average molecular weight is 212 g/mol. The molecule has 1 atom stereocenters. The van der Waals surface area contributed by atoms with E-state index in [1.54, 1.807) is 14.1 Å². The third kappa shape index (κ3) is 1.97. The van der Waals surface area contributed by atoms with Crippen LogP contribution in [0.4, 0.5) is 4.39 Å². The molecule has 1 N–H and O–H groups in total. The topological polar surface area (TPSA) is 53.4 Å². The fourth-order valence-corrected chi connectivity index (χ4v) is 1.19. The maximum atomic E-state index is 12.7. The zero-order valence-corrected chi connectivity index (χ0v) is 8.86. The summed E-state index contributed by atoms with van der Waals surface area (Å²) in [5.74, 6) is -1.50. The third-order valence-corrected chi connectivity index (χ3v) is 2.54. The number of halogens is 1. The number of pyridine rings is 1. The average Bonchev–Trinajstić information content (AvgIpc) is 2.17. The molecule has 0 radical (unpaired) electrons. The second kappa shape index (κ2) is 3.94. The first-order valence-electron chi connectivity index (χ1n) is 4.42. The van der Waals surface area contributed by atoms with Crippen molar-refractivity contribution in [1.29, 1.82) is 0 Å². The molecule has 0 bridgehead atoms. The van der Waals surface area contributed by atoms with Crippen molar-refractivity contribution in [3.8, 4) is 0 Å². The molecule has 0 aliphatic rings. The second-order valence-electron chi connectivity index (χ2n) is 3.63. The van der Waals surface area contributed by atoms with E-state index < -0.39 is 17.3 Å². The standard InChI is InChI=1S/C10H13FN2O2/c1-10(9(14)15,13(2)3)8-5-4-7(11)6-12-8/h4-6H,1-3H3,(H,14,15). The van der Waals surface area contributed by atoms with Gasteiger partial charge in [0.1, 0.15) is 5.82 Å². The van der Waals surface area contributed by atoms with Crippen LogP contribution in [0.5, 0.6) is 0 Å². The van der Waals surface area contributed by atoms with E-state index in [0.29, 0.717) is 5.69 Å². The molecular formula is C10H13FN2O2. The Balaban J connectivity index is 3.22. The fourth-order valence-electron chi connectivity index (χ4n) is 1.19. The normalized spacial score (nSPS) is 15.0. The van der Waals surface area contributed by atoms with Crippen molar-refractivity contribution in [1.82, 2.24) is 9.88 Å². The van der Waals surface area contributed by atoms with Crippen molar-refractivity contribution >= 4 is 5.97 Å². The molecule has 4 nitrogen and oxygen atoms in total. The fraction of sp³-hybridized carbons (Fsp3) is 0.400. The maximum absolute atomic E-state index is 12.7. The molecule has 0 amide bonds. The Kier molecular flexibility index (Phi) is 3.04. The molecule has 15 heavy (non-hydrogen) atoms. The van der Waals surface area contributed by atoms with Crippen molar-refractivity contribution in [3.63, 3.8) is 0 Å². The largest absolute Gasteiger partial charge is 0.480 e. The predicted molar refractivity (Wildman–Crippen MR) is 52.9 cm³/mol. The van der Waals surface area contributed by atoms with Crippen molar-refractivity contribution in [2.75, 3.05) is 14.1 Å². The van der Waals surface area contributed by atoms with Crippen LogP contribution in [0.25, 0.3) is 0 Å². The van der Waals surface area contributed by atoms with E-state index in [0.717, 1.165) is 6.20 Å². The van der Waals surface area contributed by atoms with Crippen molar-refractivity contribution < 1.29 is 14.3 Å². The molecule has 0 aliphatic carbocycles. The Hall–Kier alpha value is -1.49. The minimum absolute atomic E-state index is 0.307. The highest BCUT2D eigenvalue weighted by molar-refractivity contribution is 5.79. The molecule has 0 aromatic carbocycles. The van der Waals surface area contributed by atoms with E-state index >= 15 is 0 Å². The highest BCUT2D eigenvalue weighted by Gasteiger charge is 2.38. The Labute approximate surface area is 87.4 Å². The van der Waals surface area contributed by atoms with Crippen LogP contribution in [0.1, 0.15) is 12.6 Å². The molecule has 0 fully saturated rings. The van der Waals surface area contributed by atoms with Crippen LogP contribution in [0.2, 0.25) is 0 Å². The number of rotatable bonds is 3. The SMILES string of the molecule is CN(C)C(C)(C(=O)O)c1ccc(F)cn1. The van der Waals surface area contributed by atoms with Crippen LogP contribution in [0.3, 0.4) is 0 Å². The van der Waals surface area contributed by atoms with Gasteiger partial charge in [-0.25, -0.2) is 9.18 Å². The number of carbonyl (C=O) groups is 1. The van der Waals surface area contributed by atoms with Gasteiger partial charge >= 0.3 is 5.97 Å². The number of hydrogen-bond acceptors (Lipinski definition) is 3. The quantitative estimate of drug-likeness (QED) is 0.814. The van der Waals surface area contributed by atoms with Crippen LogP contribution >= 0.6 is 0 Å². The summed E-state index contributed by atoms with van der Waals surface area (Å²) in [6.07, 6.45) is 1.01. The molecule has 82 valence electrons. The maximum Gasteiger partial charge on any atom is 0.330 e. The van der Waals surface area contributed by atoms with Crippen molar-refractivity contribution in [2.24, 2.45) is 0 Å². The van der Waals surface area contributed by atoms with E-state index in [2.05, 4.69) is 4.98 Å². The third-order valence-electron chi connectivity index (χ3n) is 2.54. The van der Waals surface area contributed by atoms with Gasteiger partial charge in [0.2, 0.25) is 0 Å². The molecule has 0 saturated heterocycles. The Bertz CT molecular complexity index is 364. The molecule has 0 aliphatic heterocycles. The van der Waals surface area contributed by atoms with Crippen LogP contribution in [0.15, 0.2) is 18.3 Å². The summed E-state index contributed by atoms with van der Waals surface area (Å²) in [4.78, 5) is 16.5. The van der Waals surface area contributed by atoms with Gasteiger partial charge in [-0.1, -0.05) is 0 Å². The van der Waals surface area contributed by atoms with Gasteiger partial charge in [0.05, 0.1) is 11.9 Å². The van der Waals surface area contributed by atoms with Crippen LogP contribution in [-0.2, 0) is 10.3 Å². The highest BCUT2D eigenvalue weighted by Crippen LogP contribution is 2.24. The summed E-state index contributed by atoms with van der Waals surface area (Å²) in [5.41, 5.74) is -0.936. The molecular weight excluding hydrogens is 199 g/mol. The van der Waals surface area contributed by atoms with Crippen molar-refractivity contribution in [3.05, 3.63) is 29.8 Å². The number of likely N-dealkylation sites (N-methyl/N-ethyl adjacent to an activating group) is 1. The molecule has 1 aromatic rings. The zero-order valence-electron chi connectivity index (χ0n) is 8.86. The van der Waals surface area contributed by atoms with E-state index in [1.807, 2.05) is 0 Å². The zero-order chi connectivity index (χ0) is 11.6. The first-order valence-corrected chi connectivity index (χ1v) is 4.42. The van der Waals surface area contributed by atoms with Gasteiger partial charge in [0.15, 0.2) is 5.54 Å². The number of hydrogen-bond donors (Lipinski definition) is 1. The summed E-state index contributed by atoms with van der Waals surface area (Å²) in [7, 11) is 3.28. The van der Waals surface area contributed by atoms with Crippen LogP contribution in [-0.4, -0.2) is 35.1 Å². The number of aliphatic carboxylic acids is 1. The molecule has 5 heteroatoms. The molecule has 1 heterocycles. The summed E-state index contributed by atoms with van der Waals surface area (Å²) in [6, 6.07) is 2.58. The van der Waals surface area contributed by atoms with Crippen molar-refractivity contribution in [2.45, 2.75) is 12.5 Å². The lowest BCUT2D eigenvalue weighted by atomic mass is 9.96. The van der Waals surface area contributed by atoms with Gasteiger partial charge in [-0.15, -0.1) is 0 Å². The number of carboxylic acids is 1. The number of nitrogens with zero attached hydrogens (tertiary/aromatic N) is 2. The molecule has 1 rings (SSSR count). The Morgan fingerprint density at radius 1 is 1.53 bits per heavy atom. The summed E-state index contributed by atoms with van der Waals surface area (Å²) in [5, 5.41) is 9.15. The van der Waals surface area contributed by atoms with E-state index in [1.165, 1.54) is 24.0 Å². The molecule has 1 unspecified atom stereocenters. The van der Waals surface area contributed by atoms with Gasteiger partial charge < -0.3 is 5.11 Å². The van der Waals surface area contributed by atoms with Crippen LogP contribution < -0.4 is 0 Å². The minimum Gasteiger partial charge on any atom is -0.480 e. The first kappa shape index (κ1) is 11.6. The smallest absolute Gasteiger partial charge is 0.330 e. The molecule has 0 spiro atoms. The number of carboxylic acid groups (broad SMARTS) is 1. The summed E-state index contributed by atoms with van der Waals surface area (Å²) < 4.78 is 12.7. The van der Waals surface area contributed by atoms with Gasteiger partial charge in [-0.2, -0.15) is 0 Å². The lowest BCUT2D eigenvalue weighted by Crippen LogP contribution is -2.46. The predicted octanol–water partition coefficient (Wildman–Crippen LogP) is 1.08. The highest BCUT2D eigenvalue weighted by atomic mass is 19.1. The second-order valence-corrected chi connectivity index (χ2v) is 3.63. The van der Waals surface area contributed by atoms with Crippen LogP contribution in [0, 0.1) is 5.82 Å². The molecule has 0 saturated carbocycles. The van der Waals surface area contributed by atoms with Gasteiger partial charge in [0, 0.05) is 0 Å². The lowest BCUT2D eigenvalue weighted by molar-refractivity contribution is -0.149. The first-order chi connectivity index (χ1) is 6.89. The minimum atomic E-state index is -1.24. The Morgan fingerprint density at radius 2 is 2.13 bits per heavy atom. The summed E-state index contributed by atoms with van der Waals surface area (Å²) >= 11 is 0. The Morgan fingerprint density at radius 3 is 2.47 bits per heavy atom. The lowest BCUT2D eigenvalue weighted by Gasteiger charge is -2.31. The number of aromatic nitrogens is 1. The van der Waals surface area contributed by atoms with E-state index in [9.17, 15) is 9.18 Å². The van der Waals surface area contributed by atoms with E-state index in [4.69, 9.17) is 5.11 Å². The van der Waals surface area contributed by atoms with Gasteiger partial charge in [-0.05, 0) is 33.2 Å². The monoisotopic (exact) mass is 212 g/mol. The van der Waals surface area contributed by atoms with E-state index in [-0.39, 0.29) is 0 Å². The van der Waals surface area contributed by atoms with Gasteiger partial charge in [0.25, 0.3) is 0 Å². The molecule has 1 aromatic heterocycles.